The molecule has 0 saturated carbocycles. The average Bonchev–Trinajstić information content (AvgIpc) is 3.20. The molecule has 1 fully saturated rings. The largest absolute Gasteiger partial charge is 0.376 e. The van der Waals surface area contributed by atoms with Gasteiger partial charge in [0.05, 0.1) is 23.9 Å². The summed E-state index contributed by atoms with van der Waals surface area (Å²) in [5.41, 5.74) is 2.45. The van der Waals surface area contributed by atoms with Crippen LogP contribution in [0.5, 0.6) is 0 Å². The van der Waals surface area contributed by atoms with Crippen LogP contribution in [0.4, 0.5) is 0 Å². The summed E-state index contributed by atoms with van der Waals surface area (Å²) in [5, 5.41) is 9.29. The predicted octanol–water partition coefficient (Wildman–Crippen LogP) is 0.915. The van der Waals surface area contributed by atoms with Gasteiger partial charge in [0.25, 0.3) is 5.91 Å². The number of aryl methyl sites for hydroxylation is 1. The number of thiazole rings is 1. The lowest BCUT2D eigenvalue weighted by atomic mass is 10.2. The van der Waals surface area contributed by atoms with Crippen LogP contribution < -0.4 is 16.0 Å². The molecular weight excluding hydrogens is 314 g/mol. The smallest absolute Gasteiger partial charge is 0.263 e. The number of nitrogens with one attached hydrogen (secondary N) is 3. The summed E-state index contributed by atoms with van der Waals surface area (Å²) in [5.74, 6) is 0.680. The van der Waals surface area contributed by atoms with Gasteiger partial charge in [-0.15, -0.1) is 11.3 Å². The third-order valence-electron chi connectivity index (χ3n) is 3.48. The Balaban J connectivity index is 1.70. The fraction of sp³-hybridized carbons (Fsp3) is 0.667. The number of rotatable bonds is 7. The number of ether oxygens (including phenoxy) is 1. The topological polar surface area (TPSA) is 87.6 Å². The second-order valence-corrected chi connectivity index (χ2v) is 6.16. The van der Waals surface area contributed by atoms with E-state index >= 15 is 0 Å². The van der Waals surface area contributed by atoms with Crippen LogP contribution in [0.15, 0.2) is 10.5 Å². The van der Waals surface area contributed by atoms with Gasteiger partial charge in [0.1, 0.15) is 4.88 Å². The SMILES string of the molecule is CCNC(=NCC1CCCO1)NCCNC(=O)c1scnc1C. The van der Waals surface area contributed by atoms with Crippen molar-refractivity contribution in [2.45, 2.75) is 32.8 Å². The van der Waals surface area contributed by atoms with E-state index in [9.17, 15) is 4.79 Å². The van der Waals surface area contributed by atoms with Crippen molar-refractivity contribution in [3.8, 4) is 0 Å². The van der Waals surface area contributed by atoms with Gasteiger partial charge in [-0.1, -0.05) is 0 Å². The first-order valence-electron chi connectivity index (χ1n) is 8.02. The van der Waals surface area contributed by atoms with E-state index in [4.69, 9.17) is 4.74 Å². The lowest BCUT2D eigenvalue weighted by Gasteiger charge is -2.13. The Labute approximate surface area is 140 Å². The number of aliphatic imine (C=N–C) groups is 1. The molecule has 1 amide bonds. The van der Waals surface area contributed by atoms with E-state index in [1.54, 1.807) is 5.51 Å². The van der Waals surface area contributed by atoms with Gasteiger partial charge in [0.15, 0.2) is 5.96 Å². The fourth-order valence-electron chi connectivity index (χ4n) is 2.28. The van der Waals surface area contributed by atoms with E-state index < -0.39 is 0 Å². The van der Waals surface area contributed by atoms with E-state index in [-0.39, 0.29) is 12.0 Å². The second-order valence-electron chi connectivity index (χ2n) is 5.30. The van der Waals surface area contributed by atoms with Gasteiger partial charge < -0.3 is 20.7 Å². The van der Waals surface area contributed by atoms with Crippen LogP contribution in [0, 0.1) is 6.92 Å². The zero-order chi connectivity index (χ0) is 16.5. The van der Waals surface area contributed by atoms with Crippen molar-refractivity contribution in [3.63, 3.8) is 0 Å². The molecule has 0 aliphatic carbocycles. The summed E-state index contributed by atoms with van der Waals surface area (Å²) in [6, 6.07) is 0. The Morgan fingerprint density at radius 1 is 1.43 bits per heavy atom. The minimum Gasteiger partial charge on any atom is -0.376 e. The van der Waals surface area contributed by atoms with Crippen LogP contribution in [0.1, 0.15) is 35.1 Å². The molecule has 23 heavy (non-hydrogen) atoms. The maximum absolute atomic E-state index is 12.0. The van der Waals surface area contributed by atoms with Gasteiger partial charge in [-0.2, -0.15) is 0 Å². The summed E-state index contributed by atoms with van der Waals surface area (Å²) in [7, 11) is 0. The predicted molar refractivity (Wildman–Crippen MR) is 92.1 cm³/mol. The number of amides is 1. The lowest BCUT2D eigenvalue weighted by Crippen LogP contribution is -2.42. The Morgan fingerprint density at radius 2 is 2.26 bits per heavy atom. The third-order valence-corrected chi connectivity index (χ3v) is 4.40. The first kappa shape index (κ1) is 17.7. The van der Waals surface area contributed by atoms with Crippen LogP contribution in [0.3, 0.4) is 0 Å². The number of guanidine groups is 1. The van der Waals surface area contributed by atoms with Crippen molar-refractivity contribution in [1.82, 2.24) is 20.9 Å². The Bertz CT molecular complexity index is 526. The van der Waals surface area contributed by atoms with E-state index in [0.717, 1.165) is 37.6 Å². The highest BCUT2D eigenvalue weighted by Crippen LogP contribution is 2.12. The van der Waals surface area contributed by atoms with Crippen LogP contribution in [0.25, 0.3) is 0 Å². The highest BCUT2D eigenvalue weighted by molar-refractivity contribution is 7.11. The molecule has 3 N–H and O–H groups in total. The van der Waals surface area contributed by atoms with Gasteiger partial charge in [0.2, 0.25) is 0 Å². The molecule has 1 atom stereocenters. The van der Waals surface area contributed by atoms with E-state index in [1.807, 2.05) is 13.8 Å². The highest BCUT2D eigenvalue weighted by atomic mass is 32.1. The molecule has 0 spiro atoms. The lowest BCUT2D eigenvalue weighted by molar-refractivity contribution is 0.0957. The number of hydrogen-bond acceptors (Lipinski definition) is 5. The molecule has 1 aromatic rings. The van der Waals surface area contributed by atoms with E-state index in [0.29, 0.717) is 24.5 Å². The zero-order valence-electron chi connectivity index (χ0n) is 13.7. The minimum atomic E-state index is -0.0758. The molecule has 1 aliphatic heterocycles. The molecule has 1 unspecified atom stereocenters. The molecule has 0 bridgehead atoms. The average molecular weight is 339 g/mol. The summed E-state index contributed by atoms with van der Waals surface area (Å²) in [4.78, 5) is 21.2. The van der Waals surface area contributed by atoms with Gasteiger partial charge >= 0.3 is 0 Å². The number of carbonyl (C=O) groups is 1. The fourth-order valence-corrected chi connectivity index (χ4v) is 3.00. The van der Waals surface area contributed by atoms with Crippen molar-refractivity contribution in [1.29, 1.82) is 0 Å². The normalized spacial score (nSPS) is 18.0. The van der Waals surface area contributed by atoms with Crippen LogP contribution in [-0.2, 0) is 4.74 Å². The highest BCUT2D eigenvalue weighted by Gasteiger charge is 2.15. The molecule has 7 nitrogen and oxygen atoms in total. The first-order chi connectivity index (χ1) is 11.2. The molecule has 0 radical (unpaired) electrons. The van der Waals surface area contributed by atoms with E-state index in [2.05, 4.69) is 25.9 Å². The van der Waals surface area contributed by atoms with Gasteiger partial charge in [-0.25, -0.2) is 4.98 Å². The minimum absolute atomic E-state index is 0.0758. The molecule has 8 heteroatoms. The molecule has 2 rings (SSSR count). The van der Waals surface area contributed by atoms with Crippen LogP contribution >= 0.6 is 11.3 Å². The maximum atomic E-state index is 12.0. The number of nitrogens with zero attached hydrogens (tertiary/aromatic N) is 2. The summed E-state index contributed by atoms with van der Waals surface area (Å²) in [6.45, 7) is 7.31. The monoisotopic (exact) mass is 339 g/mol. The molecule has 1 aromatic heterocycles. The summed E-state index contributed by atoms with van der Waals surface area (Å²) < 4.78 is 5.57. The second kappa shape index (κ2) is 9.46. The Hall–Kier alpha value is -1.67. The van der Waals surface area contributed by atoms with Gasteiger partial charge in [-0.05, 0) is 26.7 Å². The first-order valence-corrected chi connectivity index (χ1v) is 8.90. The molecule has 1 aliphatic rings. The standard InChI is InChI=1S/C15H25N5O2S/c1-3-16-15(19-9-12-5-4-8-22-12)18-7-6-17-14(21)13-11(2)20-10-23-13/h10,12H,3-9H2,1-2H3,(H,17,21)(H2,16,18,19). The molecule has 1 saturated heterocycles. The molecule has 0 aromatic carbocycles. The Kier molecular flexibility index (Phi) is 7.28. The zero-order valence-corrected chi connectivity index (χ0v) is 14.5. The number of aromatic nitrogens is 1. The van der Waals surface area contributed by atoms with Crippen LogP contribution in [-0.4, -0.2) is 55.7 Å². The summed E-state index contributed by atoms with van der Waals surface area (Å²) in [6.07, 6.45) is 2.43. The van der Waals surface area contributed by atoms with Crippen molar-refractivity contribution >= 4 is 23.2 Å². The van der Waals surface area contributed by atoms with Crippen molar-refractivity contribution in [3.05, 3.63) is 16.1 Å². The molecular formula is C15H25N5O2S. The number of carbonyl (C=O) groups excluding carboxylic acids is 1. The van der Waals surface area contributed by atoms with Crippen molar-refractivity contribution < 1.29 is 9.53 Å². The Morgan fingerprint density at radius 3 is 2.91 bits per heavy atom. The number of hydrogen-bond donors (Lipinski definition) is 3. The summed E-state index contributed by atoms with van der Waals surface area (Å²) >= 11 is 1.36. The van der Waals surface area contributed by atoms with Gasteiger partial charge in [0, 0.05) is 26.2 Å². The molecule has 128 valence electrons. The third kappa shape index (κ3) is 5.80. The van der Waals surface area contributed by atoms with E-state index in [1.165, 1.54) is 11.3 Å². The molecule has 2 heterocycles. The van der Waals surface area contributed by atoms with Crippen molar-refractivity contribution in [2.24, 2.45) is 4.99 Å². The van der Waals surface area contributed by atoms with Crippen molar-refractivity contribution in [2.75, 3.05) is 32.8 Å². The quantitative estimate of drug-likeness (QED) is 0.390. The van der Waals surface area contributed by atoms with Crippen LogP contribution in [0.2, 0.25) is 0 Å². The van der Waals surface area contributed by atoms with Gasteiger partial charge in [-0.3, -0.25) is 9.79 Å². The maximum Gasteiger partial charge on any atom is 0.263 e.